The molecule has 0 fully saturated rings. The molecule has 2 heterocycles. The molecule has 0 aliphatic carbocycles. The number of hydrogen-bond donors (Lipinski definition) is 1. The Kier molecular flexibility index (Phi) is 4.95. The lowest BCUT2D eigenvalue weighted by Crippen LogP contribution is -2.33. The molecular weight excluding hydrogens is 345 g/mol. The molecule has 0 amide bonds. The summed E-state index contributed by atoms with van der Waals surface area (Å²) in [5.41, 5.74) is 3.29. The Hall–Kier alpha value is -1.77. The Bertz CT molecular complexity index is 879. The summed E-state index contributed by atoms with van der Waals surface area (Å²) in [5.74, 6) is -0.579. The molecule has 1 aromatic heterocycles. The second-order valence-electron chi connectivity index (χ2n) is 6.67. The van der Waals surface area contributed by atoms with Crippen LogP contribution < -0.4 is 0 Å². The Morgan fingerprint density at radius 3 is 2.80 bits per heavy atom. The van der Waals surface area contributed by atoms with Gasteiger partial charge in [0.1, 0.15) is 21.8 Å². The van der Waals surface area contributed by atoms with Crippen LogP contribution in [0.1, 0.15) is 28.6 Å². The molecule has 8 heteroatoms. The molecule has 1 aromatic carbocycles. The van der Waals surface area contributed by atoms with Crippen molar-refractivity contribution in [3.8, 4) is 0 Å². The quantitative estimate of drug-likeness (QED) is 0.865. The van der Waals surface area contributed by atoms with Crippen molar-refractivity contribution in [1.29, 1.82) is 0 Å². The molecule has 0 saturated carbocycles. The highest BCUT2D eigenvalue weighted by molar-refractivity contribution is 7.90. The fourth-order valence-electron chi connectivity index (χ4n) is 3.06. The third-order valence-electron chi connectivity index (χ3n) is 4.40. The van der Waals surface area contributed by atoms with E-state index in [1.165, 1.54) is 6.07 Å². The van der Waals surface area contributed by atoms with Crippen molar-refractivity contribution in [2.75, 3.05) is 18.6 Å². The first-order valence-electron chi connectivity index (χ1n) is 8.11. The fraction of sp³-hybridized carbons (Fsp3) is 0.471. The summed E-state index contributed by atoms with van der Waals surface area (Å²) in [5, 5.41) is 14.4. The van der Waals surface area contributed by atoms with E-state index in [2.05, 4.69) is 10.00 Å². The molecule has 1 aliphatic rings. The molecule has 136 valence electrons. The van der Waals surface area contributed by atoms with Crippen molar-refractivity contribution in [3.63, 3.8) is 0 Å². The first-order chi connectivity index (χ1) is 11.7. The van der Waals surface area contributed by atoms with Crippen molar-refractivity contribution in [1.82, 2.24) is 14.7 Å². The molecule has 0 saturated heterocycles. The van der Waals surface area contributed by atoms with Gasteiger partial charge in [-0.05, 0) is 36.2 Å². The predicted octanol–water partition coefficient (Wildman–Crippen LogP) is 1.42. The molecule has 0 spiro atoms. The van der Waals surface area contributed by atoms with Gasteiger partial charge < -0.3 is 5.11 Å². The maximum Gasteiger partial charge on any atom is 0.150 e. The van der Waals surface area contributed by atoms with E-state index in [1.54, 1.807) is 22.9 Å². The summed E-state index contributed by atoms with van der Waals surface area (Å²) < 4.78 is 37.9. The zero-order chi connectivity index (χ0) is 18.2. The van der Waals surface area contributed by atoms with E-state index in [1.807, 2.05) is 6.92 Å². The van der Waals surface area contributed by atoms with Crippen LogP contribution in [-0.4, -0.2) is 46.8 Å². The minimum absolute atomic E-state index is 0.242. The first kappa shape index (κ1) is 18.0. The van der Waals surface area contributed by atoms with E-state index in [9.17, 15) is 17.9 Å². The molecule has 3 rings (SSSR count). The van der Waals surface area contributed by atoms with Gasteiger partial charge in [-0.1, -0.05) is 6.07 Å². The number of aliphatic hydroxyl groups is 1. The topological polar surface area (TPSA) is 75.4 Å². The van der Waals surface area contributed by atoms with Gasteiger partial charge in [0.25, 0.3) is 0 Å². The van der Waals surface area contributed by atoms with Crippen LogP contribution in [-0.2, 0) is 29.5 Å². The van der Waals surface area contributed by atoms with Crippen LogP contribution in [0.3, 0.4) is 0 Å². The summed E-state index contributed by atoms with van der Waals surface area (Å²) in [7, 11) is -3.28. The zero-order valence-corrected chi connectivity index (χ0v) is 15.1. The van der Waals surface area contributed by atoms with Crippen molar-refractivity contribution >= 4 is 9.84 Å². The third kappa shape index (κ3) is 4.45. The molecule has 0 bridgehead atoms. The van der Waals surface area contributed by atoms with E-state index in [0.717, 1.165) is 29.6 Å². The van der Waals surface area contributed by atoms with Crippen molar-refractivity contribution in [3.05, 3.63) is 52.6 Å². The van der Waals surface area contributed by atoms with Crippen LogP contribution in [0.15, 0.2) is 24.3 Å². The number of sulfone groups is 1. The highest BCUT2D eigenvalue weighted by Gasteiger charge is 2.23. The van der Waals surface area contributed by atoms with Crippen molar-refractivity contribution in [2.24, 2.45) is 0 Å². The van der Waals surface area contributed by atoms with Gasteiger partial charge in [0.15, 0.2) is 0 Å². The fourth-order valence-corrected chi connectivity index (χ4v) is 3.81. The van der Waals surface area contributed by atoms with Gasteiger partial charge in [0, 0.05) is 25.9 Å². The van der Waals surface area contributed by atoms with Gasteiger partial charge in [-0.25, -0.2) is 12.8 Å². The number of aliphatic hydroxyl groups excluding tert-OH is 1. The highest BCUT2D eigenvalue weighted by atomic mass is 32.2. The lowest BCUT2D eigenvalue weighted by molar-refractivity contribution is 0.191. The summed E-state index contributed by atoms with van der Waals surface area (Å²) in [6, 6.07) is 6.54. The predicted molar refractivity (Wildman–Crippen MR) is 92.1 cm³/mol. The highest BCUT2D eigenvalue weighted by Crippen LogP contribution is 2.21. The van der Waals surface area contributed by atoms with Gasteiger partial charge in [0.2, 0.25) is 0 Å². The van der Waals surface area contributed by atoms with Gasteiger partial charge in [0.05, 0.1) is 23.7 Å². The smallest absolute Gasteiger partial charge is 0.150 e. The van der Waals surface area contributed by atoms with E-state index in [4.69, 9.17) is 0 Å². The molecule has 1 N–H and O–H groups in total. The maximum atomic E-state index is 13.5. The van der Waals surface area contributed by atoms with Gasteiger partial charge >= 0.3 is 0 Å². The Balaban J connectivity index is 1.72. The second kappa shape index (κ2) is 6.86. The van der Waals surface area contributed by atoms with E-state index < -0.39 is 15.9 Å². The van der Waals surface area contributed by atoms with Gasteiger partial charge in [-0.3, -0.25) is 9.58 Å². The Morgan fingerprint density at radius 1 is 1.32 bits per heavy atom. The molecule has 6 nitrogen and oxygen atoms in total. The first-order valence-corrected chi connectivity index (χ1v) is 10.2. The third-order valence-corrected chi connectivity index (χ3v) is 5.32. The van der Waals surface area contributed by atoms with Crippen LogP contribution in [0.2, 0.25) is 0 Å². The van der Waals surface area contributed by atoms with Gasteiger partial charge in [-0.2, -0.15) is 5.10 Å². The SMILES string of the molecule is Cc1ccc(F)cc1CN1CCn2nc([C@H](O)CS(C)(=O)=O)cc2C1. The largest absolute Gasteiger partial charge is 0.386 e. The van der Waals surface area contributed by atoms with E-state index >= 15 is 0 Å². The number of nitrogens with zero attached hydrogens (tertiary/aromatic N) is 3. The average molecular weight is 367 g/mol. The molecule has 25 heavy (non-hydrogen) atoms. The minimum Gasteiger partial charge on any atom is -0.386 e. The second-order valence-corrected chi connectivity index (χ2v) is 8.86. The summed E-state index contributed by atoms with van der Waals surface area (Å²) in [6.45, 7) is 4.62. The van der Waals surface area contributed by atoms with Crippen molar-refractivity contribution in [2.45, 2.75) is 32.7 Å². The summed E-state index contributed by atoms with van der Waals surface area (Å²) in [4.78, 5) is 2.19. The van der Waals surface area contributed by atoms with Crippen LogP contribution >= 0.6 is 0 Å². The van der Waals surface area contributed by atoms with Gasteiger partial charge in [-0.15, -0.1) is 0 Å². The van der Waals surface area contributed by atoms with E-state index in [-0.39, 0.29) is 11.6 Å². The number of rotatable bonds is 5. The van der Waals surface area contributed by atoms with E-state index in [0.29, 0.717) is 25.3 Å². The molecular formula is C17H22FN3O3S. The minimum atomic E-state index is -3.28. The Morgan fingerprint density at radius 2 is 2.08 bits per heavy atom. The van der Waals surface area contributed by atoms with Crippen LogP contribution in [0, 0.1) is 12.7 Å². The number of benzene rings is 1. The van der Waals surface area contributed by atoms with Crippen LogP contribution in [0.5, 0.6) is 0 Å². The molecule has 0 unspecified atom stereocenters. The standard InChI is InChI=1S/C17H22FN3O3S/c1-12-3-4-14(18)7-13(12)9-20-5-6-21-15(10-20)8-16(19-21)17(22)11-25(2,23)24/h3-4,7-8,17,22H,5-6,9-11H2,1-2H3/t17-/m1/s1. The maximum absolute atomic E-state index is 13.5. The number of hydrogen-bond acceptors (Lipinski definition) is 5. The average Bonchev–Trinajstić information content (AvgIpc) is 2.93. The molecule has 1 atom stereocenters. The molecule has 1 aliphatic heterocycles. The Labute approximate surface area is 146 Å². The zero-order valence-electron chi connectivity index (χ0n) is 14.3. The van der Waals surface area contributed by atoms with Crippen LogP contribution in [0.25, 0.3) is 0 Å². The number of fused-ring (bicyclic) bond motifs is 1. The van der Waals surface area contributed by atoms with Crippen LogP contribution in [0.4, 0.5) is 4.39 Å². The number of aryl methyl sites for hydroxylation is 1. The summed E-state index contributed by atoms with van der Waals surface area (Å²) >= 11 is 0. The molecule has 0 radical (unpaired) electrons. The lowest BCUT2D eigenvalue weighted by Gasteiger charge is -2.28. The number of aromatic nitrogens is 2. The van der Waals surface area contributed by atoms with Crippen molar-refractivity contribution < 1.29 is 17.9 Å². The molecule has 2 aromatic rings. The normalized spacial score (nSPS) is 16.6. The lowest BCUT2D eigenvalue weighted by atomic mass is 10.1. The number of halogens is 1. The monoisotopic (exact) mass is 367 g/mol. The summed E-state index contributed by atoms with van der Waals surface area (Å²) in [6.07, 6.45) is -0.0260.